The third-order valence-electron chi connectivity index (χ3n) is 7.06. The first-order chi connectivity index (χ1) is 14.2. The Bertz CT molecular complexity index is 695. The summed E-state index contributed by atoms with van der Waals surface area (Å²) in [5.74, 6) is 6.42. The van der Waals surface area contributed by atoms with Crippen LogP contribution in [0, 0.1) is 37.0 Å². The highest BCUT2D eigenvalue weighted by Gasteiger charge is 2.32. The van der Waals surface area contributed by atoms with E-state index in [9.17, 15) is 0 Å². The number of benzene rings is 1. The van der Waals surface area contributed by atoms with Crippen molar-refractivity contribution in [2.75, 3.05) is 0 Å². The number of ether oxygens (including phenoxy) is 1. The highest BCUT2D eigenvalue weighted by atomic mass is 16.5. The summed E-state index contributed by atoms with van der Waals surface area (Å²) in [6, 6.07) is 4.21. The Kier molecular flexibility index (Phi) is 9.80. The van der Waals surface area contributed by atoms with Crippen LogP contribution in [0.4, 0.5) is 0 Å². The maximum Gasteiger partial charge on any atom is 0.126 e. The molecule has 1 aromatic rings. The van der Waals surface area contributed by atoms with E-state index in [0.717, 1.165) is 48.3 Å². The summed E-state index contributed by atoms with van der Waals surface area (Å²) in [6.45, 7) is 14.0. The van der Waals surface area contributed by atoms with Gasteiger partial charge in [0.2, 0.25) is 0 Å². The molecular weight excluding hydrogens is 364 g/mol. The van der Waals surface area contributed by atoms with E-state index in [1.807, 2.05) is 0 Å². The lowest BCUT2D eigenvalue weighted by Gasteiger charge is -2.37. The lowest BCUT2D eigenvalue weighted by molar-refractivity contribution is 0.0516. The van der Waals surface area contributed by atoms with E-state index in [2.05, 4.69) is 59.6 Å². The first-order valence-corrected chi connectivity index (χ1v) is 12.5. The molecule has 3 unspecified atom stereocenters. The molecule has 1 nitrogen and oxygen atoms in total. The van der Waals surface area contributed by atoms with E-state index in [1.165, 1.54) is 62.5 Å². The molecular formula is C29H46O. The molecule has 3 atom stereocenters. The van der Waals surface area contributed by atoms with Crippen LogP contribution in [0.2, 0.25) is 0 Å². The molecule has 0 bridgehead atoms. The molecule has 0 saturated heterocycles. The fourth-order valence-corrected chi connectivity index (χ4v) is 4.94. The van der Waals surface area contributed by atoms with Gasteiger partial charge in [-0.15, -0.1) is 6.42 Å². The zero-order chi connectivity index (χ0) is 22.1. The Labute approximate surface area is 187 Å². The summed E-state index contributed by atoms with van der Waals surface area (Å²) in [4.78, 5) is 0. The molecule has 0 aromatic heterocycles. The van der Waals surface area contributed by atoms with Crippen LogP contribution in [0.25, 0.3) is 0 Å². The van der Waals surface area contributed by atoms with Crippen molar-refractivity contribution in [3.05, 3.63) is 28.8 Å². The Balaban J connectivity index is 1.68. The van der Waals surface area contributed by atoms with Gasteiger partial charge in [-0.2, -0.15) is 0 Å². The van der Waals surface area contributed by atoms with Crippen molar-refractivity contribution in [3.63, 3.8) is 0 Å². The zero-order valence-electron chi connectivity index (χ0n) is 20.7. The average Bonchev–Trinajstić information content (AvgIpc) is 2.68. The van der Waals surface area contributed by atoms with Crippen LogP contribution in [-0.2, 0) is 6.42 Å². The van der Waals surface area contributed by atoms with E-state index in [1.54, 1.807) is 0 Å². The minimum atomic E-state index is -0.0277. The number of aryl methyl sites for hydroxylation is 2. The van der Waals surface area contributed by atoms with Crippen LogP contribution in [0.1, 0.15) is 116 Å². The second kappa shape index (κ2) is 11.8. The van der Waals surface area contributed by atoms with Crippen molar-refractivity contribution in [1.29, 1.82) is 0 Å². The van der Waals surface area contributed by atoms with Crippen molar-refractivity contribution in [1.82, 2.24) is 0 Å². The molecule has 0 amide bonds. The summed E-state index contributed by atoms with van der Waals surface area (Å²) in [5.41, 5.74) is 3.42. The Morgan fingerprint density at radius 3 is 2.17 bits per heavy atom. The predicted molar refractivity (Wildman–Crippen MR) is 131 cm³/mol. The fraction of sp³-hybridized carbons (Fsp3) is 0.724. The SMILES string of the molecule is C#Cc1cc(C)c2c(c1)CCC(C)(CCCC(C)CCCC(C)CCCC(C)C)O2. The number of terminal acetylenes is 1. The maximum absolute atomic E-state index is 6.53. The molecule has 1 heteroatoms. The first kappa shape index (κ1) is 24.8. The smallest absolute Gasteiger partial charge is 0.126 e. The van der Waals surface area contributed by atoms with Gasteiger partial charge in [-0.05, 0) is 80.5 Å². The molecule has 0 N–H and O–H groups in total. The van der Waals surface area contributed by atoms with Crippen molar-refractivity contribution in [2.24, 2.45) is 17.8 Å². The molecule has 0 spiro atoms. The highest BCUT2D eigenvalue weighted by Crippen LogP contribution is 2.39. The predicted octanol–water partition coefficient (Wildman–Crippen LogP) is 8.50. The number of hydrogen-bond acceptors (Lipinski definition) is 1. The van der Waals surface area contributed by atoms with E-state index in [0.29, 0.717) is 0 Å². The molecule has 168 valence electrons. The topological polar surface area (TPSA) is 9.23 Å². The molecule has 1 heterocycles. The number of fused-ring (bicyclic) bond motifs is 1. The van der Waals surface area contributed by atoms with Crippen molar-refractivity contribution >= 4 is 0 Å². The van der Waals surface area contributed by atoms with Gasteiger partial charge in [0.15, 0.2) is 0 Å². The lowest BCUT2D eigenvalue weighted by atomic mass is 9.85. The molecule has 1 aromatic carbocycles. The van der Waals surface area contributed by atoms with Gasteiger partial charge in [-0.25, -0.2) is 0 Å². The summed E-state index contributed by atoms with van der Waals surface area (Å²) in [5, 5.41) is 0. The van der Waals surface area contributed by atoms with E-state index in [-0.39, 0.29) is 5.60 Å². The van der Waals surface area contributed by atoms with Gasteiger partial charge in [-0.1, -0.05) is 78.6 Å². The molecule has 30 heavy (non-hydrogen) atoms. The van der Waals surface area contributed by atoms with Gasteiger partial charge in [0.05, 0.1) is 0 Å². The van der Waals surface area contributed by atoms with E-state index < -0.39 is 0 Å². The summed E-state index contributed by atoms with van der Waals surface area (Å²) < 4.78 is 6.53. The van der Waals surface area contributed by atoms with Crippen LogP contribution >= 0.6 is 0 Å². The van der Waals surface area contributed by atoms with Gasteiger partial charge in [0.1, 0.15) is 11.4 Å². The lowest BCUT2D eigenvalue weighted by Crippen LogP contribution is -2.36. The van der Waals surface area contributed by atoms with Crippen LogP contribution < -0.4 is 4.74 Å². The van der Waals surface area contributed by atoms with Crippen molar-refractivity contribution in [2.45, 2.75) is 118 Å². The van der Waals surface area contributed by atoms with E-state index >= 15 is 0 Å². The van der Waals surface area contributed by atoms with Gasteiger partial charge in [-0.3, -0.25) is 0 Å². The number of hydrogen-bond donors (Lipinski definition) is 0. The minimum absolute atomic E-state index is 0.0277. The quantitative estimate of drug-likeness (QED) is 0.314. The van der Waals surface area contributed by atoms with Gasteiger partial charge >= 0.3 is 0 Å². The molecule has 0 aliphatic carbocycles. The summed E-state index contributed by atoms with van der Waals surface area (Å²) in [6.07, 6.45) is 19.9. The van der Waals surface area contributed by atoms with Crippen LogP contribution in [0.15, 0.2) is 12.1 Å². The molecule has 0 fully saturated rings. The highest BCUT2D eigenvalue weighted by molar-refractivity contribution is 5.50. The Morgan fingerprint density at radius 1 is 0.967 bits per heavy atom. The summed E-state index contributed by atoms with van der Waals surface area (Å²) >= 11 is 0. The van der Waals surface area contributed by atoms with Crippen molar-refractivity contribution in [3.8, 4) is 18.1 Å². The first-order valence-electron chi connectivity index (χ1n) is 12.5. The van der Waals surface area contributed by atoms with Gasteiger partial charge in [0.25, 0.3) is 0 Å². The summed E-state index contributed by atoms with van der Waals surface area (Å²) in [7, 11) is 0. The maximum atomic E-state index is 6.53. The second-order valence-electron chi connectivity index (χ2n) is 10.8. The monoisotopic (exact) mass is 410 g/mol. The average molecular weight is 411 g/mol. The molecule has 1 aliphatic heterocycles. The van der Waals surface area contributed by atoms with E-state index in [4.69, 9.17) is 11.2 Å². The van der Waals surface area contributed by atoms with Crippen molar-refractivity contribution < 1.29 is 4.74 Å². The van der Waals surface area contributed by atoms with Gasteiger partial charge < -0.3 is 4.74 Å². The molecule has 1 aliphatic rings. The zero-order valence-corrected chi connectivity index (χ0v) is 20.7. The van der Waals surface area contributed by atoms with Crippen LogP contribution in [0.5, 0.6) is 5.75 Å². The molecule has 0 radical (unpaired) electrons. The molecule has 0 saturated carbocycles. The normalized spacial score (nSPS) is 20.3. The number of rotatable bonds is 12. The van der Waals surface area contributed by atoms with Crippen LogP contribution in [0.3, 0.4) is 0 Å². The Hall–Kier alpha value is -1.42. The largest absolute Gasteiger partial charge is 0.487 e. The molecule has 2 rings (SSSR count). The second-order valence-corrected chi connectivity index (χ2v) is 10.8. The Morgan fingerprint density at radius 2 is 1.57 bits per heavy atom. The standard InChI is InChI=1S/C29H46O/c1-8-26-20-25(6)28-27(21-26)17-19-29(7,30-28)18-11-16-24(5)15-10-14-23(4)13-9-12-22(2)3/h1,20-24H,9-19H2,2-7H3. The third kappa shape index (κ3) is 8.02. The minimum Gasteiger partial charge on any atom is -0.487 e. The fourth-order valence-electron chi connectivity index (χ4n) is 4.94. The third-order valence-corrected chi connectivity index (χ3v) is 7.06. The van der Waals surface area contributed by atoms with Crippen LogP contribution in [-0.4, -0.2) is 5.60 Å². The van der Waals surface area contributed by atoms with Gasteiger partial charge in [0, 0.05) is 5.56 Å².